The van der Waals surface area contributed by atoms with E-state index >= 15 is 0 Å². The van der Waals surface area contributed by atoms with Gasteiger partial charge >= 0.3 is 0 Å². The van der Waals surface area contributed by atoms with Crippen molar-refractivity contribution in [3.8, 4) is 0 Å². The van der Waals surface area contributed by atoms with Gasteiger partial charge in [-0.25, -0.2) is 4.39 Å². The van der Waals surface area contributed by atoms with Gasteiger partial charge in [-0.15, -0.1) is 0 Å². The number of hydrogen-bond donors (Lipinski definition) is 1. The zero-order chi connectivity index (χ0) is 13.7. The first-order valence-electron chi connectivity index (χ1n) is 7.07. The first-order chi connectivity index (χ1) is 9.24. The summed E-state index contributed by atoms with van der Waals surface area (Å²) in [5.74, 6) is -0.175. The van der Waals surface area contributed by atoms with Gasteiger partial charge in [0.15, 0.2) is 0 Å². The highest BCUT2D eigenvalue weighted by Crippen LogP contribution is 2.25. The molecule has 2 rings (SSSR count). The van der Waals surface area contributed by atoms with Gasteiger partial charge in [0.25, 0.3) is 0 Å². The monoisotopic (exact) mass is 266 g/mol. The summed E-state index contributed by atoms with van der Waals surface area (Å²) < 4.78 is 13.0. The lowest BCUT2D eigenvalue weighted by atomic mass is 10.0. The van der Waals surface area contributed by atoms with E-state index in [-0.39, 0.29) is 12.4 Å². The summed E-state index contributed by atoms with van der Waals surface area (Å²) >= 11 is 0. The molecule has 19 heavy (non-hydrogen) atoms. The molecule has 1 aliphatic heterocycles. The van der Waals surface area contributed by atoms with Gasteiger partial charge in [-0.05, 0) is 24.1 Å². The highest BCUT2D eigenvalue weighted by molar-refractivity contribution is 5.20. The fraction of sp³-hybridized carbons (Fsp3) is 0.600. The fourth-order valence-corrected chi connectivity index (χ4v) is 2.83. The summed E-state index contributed by atoms with van der Waals surface area (Å²) in [4.78, 5) is 4.75. The quantitative estimate of drug-likeness (QED) is 0.881. The van der Waals surface area contributed by atoms with E-state index in [4.69, 9.17) is 5.11 Å². The van der Waals surface area contributed by atoms with Crippen molar-refractivity contribution in [2.75, 3.05) is 39.3 Å². The summed E-state index contributed by atoms with van der Waals surface area (Å²) in [6.45, 7) is 7.19. The van der Waals surface area contributed by atoms with Crippen molar-refractivity contribution in [1.82, 2.24) is 9.80 Å². The van der Waals surface area contributed by atoms with E-state index in [0.29, 0.717) is 6.04 Å². The molecule has 1 N–H and O–H groups in total. The third kappa shape index (κ3) is 3.75. The summed E-state index contributed by atoms with van der Waals surface area (Å²) in [7, 11) is 0. The molecule has 1 aromatic carbocycles. The maximum absolute atomic E-state index is 13.0. The average Bonchev–Trinajstić information content (AvgIpc) is 2.44. The van der Waals surface area contributed by atoms with E-state index in [1.807, 2.05) is 12.1 Å². The van der Waals surface area contributed by atoms with E-state index in [0.717, 1.165) is 39.1 Å². The number of piperazine rings is 1. The van der Waals surface area contributed by atoms with Gasteiger partial charge in [0, 0.05) is 38.8 Å². The molecule has 1 aliphatic rings. The number of nitrogens with zero attached hydrogens (tertiary/aromatic N) is 2. The lowest BCUT2D eigenvalue weighted by Gasteiger charge is -2.39. The standard InChI is InChI=1S/C15H23FN2O/c1-2-15(13-3-5-14(16)6-4-13)18-9-7-17(8-10-18)11-12-19/h3-6,15,19H,2,7-12H2,1H3/t15-/m1/s1. The first-order valence-corrected chi connectivity index (χ1v) is 7.07. The number of benzene rings is 1. The molecule has 1 saturated heterocycles. The van der Waals surface area contributed by atoms with Crippen LogP contribution in [0.25, 0.3) is 0 Å². The van der Waals surface area contributed by atoms with Crippen LogP contribution in [0.15, 0.2) is 24.3 Å². The Balaban J connectivity index is 1.97. The second-order valence-corrected chi connectivity index (χ2v) is 5.08. The average molecular weight is 266 g/mol. The van der Waals surface area contributed by atoms with Crippen molar-refractivity contribution < 1.29 is 9.50 Å². The number of hydrogen-bond acceptors (Lipinski definition) is 3. The van der Waals surface area contributed by atoms with Crippen LogP contribution in [0, 0.1) is 5.82 Å². The van der Waals surface area contributed by atoms with E-state index < -0.39 is 0 Å². The highest BCUT2D eigenvalue weighted by Gasteiger charge is 2.23. The van der Waals surface area contributed by atoms with Crippen LogP contribution in [0.4, 0.5) is 4.39 Å². The minimum absolute atomic E-state index is 0.175. The summed E-state index contributed by atoms with van der Waals surface area (Å²) in [6.07, 6.45) is 1.03. The normalized spacial score (nSPS) is 19.5. The maximum atomic E-state index is 13.0. The molecular formula is C15H23FN2O. The van der Waals surface area contributed by atoms with Crippen molar-refractivity contribution >= 4 is 0 Å². The maximum Gasteiger partial charge on any atom is 0.123 e. The Kier molecular flexibility index (Phi) is 5.31. The molecule has 1 atom stereocenters. The molecule has 0 radical (unpaired) electrons. The molecule has 0 spiro atoms. The zero-order valence-electron chi connectivity index (χ0n) is 11.6. The van der Waals surface area contributed by atoms with Crippen LogP contribution in [0.1, 0.15) is 24.9 Å². The van der Waals surface area contributed by atoms with Crippen LogP contribution >= 0.6 is 0 Å². The molecule has 0 unspecified atom stereocenters. The van der Waals surface area contributed by atoms with E-state index in [9.17, 15) is 4.39 Å². The van der Waals surface area contributed by atoms with Crippen molar-refractivity contribution in [3.63, 3.8) is 0 Å². The van der Waals surface area contributed by atoms with Gasteiger partial charge in [-0.2, -0.15) is 0 Å². The molecule has 0 saturated carbocycles. The summed E-state index contributed by atoms with van der Waals surface area (Å²) in [5, 5.41) is 8.95. The molecule has 1 aromatic rings. The molecule has 0 amide bonds. The largest absolute Gasteiger partial charge is 0.395 e. The Hall–Kier alpha value is -0.970. The zero-order valence-corrected chi connectivity index (χ0v) is 11.6. The second kappa shape index (κ2) is 6.98. The third-order valence-corrected chi connectivity index (χ3v) is 3.91. The topological polar surface area (TPSA) is 26.7 Å². The van der Waals surface area contributed by atoms with Gasteiger partial charge in [0.05, 0.1) is 6.61 Å². The Labute approximate surface area is 114 Å². The number of β-amino-alcohol motifs (C(OH)–C–C–N with tert-alkyl or cyclic N) is 1. The van der Waals surface area contributed by atoms with E-state index in [2.05, 4.69) is 16.7 Å². The number of halogens is 1. The molecular weight excluding hydrogens is 243 g/mol. The second-order valence-electron chi connectivity index (χ2n) is 5.08. The van der Waals surface area contributed by atoms with Gasteiger partial charge < -0.3 is 5.11 Å². The van der Waals surface area contributed by atoms with Crippen LogP contribution < -0.4 is 0 Å². The van der Waals surface area contributed by atoms with Crippen LogP contribution in [-0.4, -0.2) is 54.2 Å². The fourth-order valence-electron chi connectivity index (χ4n) is 2.83. The highest BCUT2D eigenvalue weighted by atomic mass is 19.1. The summed E-state index contributed by atoms with van der Waals surface area (Å²) in [5.41, 5.74) is 1.19. The van der Waals surface area contributed by atoms with Gasteiger partial charge in [-0.1, -0.05) is 19.1 Å². The van der Waals surface area contributed by atoms with Crippen LogP contribution in [0.2, 0.25) is 0 Å². The van der Waals surface area contributed by atoms with Gasteiger partial charge in [-0.3, -0.25) is 9.80 Å². The molecule has 1 fully saturated rings. The Morgan fingerprint density at radius 3 is 2.32 bits per heavy atom. The predicted molar refractivity (Wildman–Crippen MR) is 74.5 cm³/mol. The van der Waals surface area contributed by atoms with Gasteiger partial charge in [0.2, 0.25) is 0 Å². The number of rotatable bonds is 5. The van der Waals surface area contributed by atoms with Crippen LogP contribution in [0.5, 0.6) is 0 Å². The predicted octanol–water partition coefficient (Wildman–Crippen LogP) is 1.89. The first kappa shape index (κ1) is 14.4. The van der Waals surface area contributed by atoms with Crippen molar-refractivity contribution in [3.05, 3.63) is 35.6 Å². The summed E-state index contributed by atoms with van der Waals surface area (Å²) in [6, 6.07) is 7.24. The van der Waals surface area contributed by atoms with E-state index in [1.165, 1.54) is 5.56 Å². The number of aliphatic hydroxyl groups excluding tert-OH is 1. The lowest BCUT2D eigenvalue weighted by Crippen LogP contribution is -2.48. The minimum atomic E-state index is -0.175. The lowest BCUT2D eigenvalue weighted by molar-refractivity contribution is 0.0818. The van der Waals surface area contributed by atoms with Crippen molar-refractivity contribution in [2.45, 2.75) is 19.4 Å². The third-order valence-electron chi connectivity index (χ3n) is 3.91. The molecule has 106 valence electrons. The number of aliphatic hydroxyl groups is 1. The Morgan fingerprint density at radius 2 is 1.79 bits per heavy atom. The molecule has 1 heterocycles. The smallest absolute Gasteiger partial charge is 0.123 e. The minimum Gasteiger partial charge on any atom is -0.395 e. The van der Waals surface area contributed by atoms with Crippen LogP contribution in [-0.2, 0) is 0 Å². The molecule has 0 aromatic heterocycles. The molecule has 4 heteroatoms. The molecule has 3 nitrogen and oxygen atoms in total. The Morgan fingerprint density at radius 1 is 1.16 bits per heavy atom. The molecule has 0 aliphatic carbocycles. The van der Waals surface area contributed by atoms with Crippen molar-refractivity contribution in [2.24, 2.45) is 0 Å². The Bertz CT molecular complexity index is 374. The van der Waals surface area contributed by atoms with Gasteiger partial charge in [0.1, 0.15) is 5.82 Å². The SMILES string of the molecule is CC[C@H](c1ccc(F)cc1)N1CCN(CCO)CC1. The van der Waals surface area contributed by atoms with Crippen LogP contribution in [0.3, 0.4) is 0 Å². The van der Waals surface area contributed by atoms with Crippen molar-refractivity contribution in [1.29, 1.82) is 0 Å². The van der Waals surface area contributed by atoms with E-state index in [1.54, 1.807) is 12.1 Å². The molecule has 0 bridgehead atoms.